The predicted molar refractivity (Wildman–Crippen MR) is 189 cm³/mol. The molecule has 2 nitrogen and oxygen atoms in total. The minimum absolute atomic E-state index is 0. The monoisotopic (exact) mass is 760 g/mol. The first-order chi connectivity index (χ1) is 21.6. The molecule has 0 spiro atoms. The van der Waals surface area contributed by atoms with Crippen molar-refractivity contribution in [3.8, 4) is 0 Å². The second-order valence-corrected chi connectivity index (χ2v) is 11.6. The zero-order valence-corrected chi connectivity index (χ0v) is 28.3. The van der Waals surface area contributed by atoms with Crippen molar-refractivity contribution in [2.24, 2.45) is 0 Å². The fraction of sp³-hybridized carbons (Fsp3) is 0.0952. The summed E-state index contributed by atoms with van der Waals surface area (Å²) >= 11 is 0. The first kappa shape index (κ1) is 30.5. The van der Waals surface area contributed by atoms with Crippen LogP contribution in [0.25, 0.3) is 44.6 Å². The second kappa shape index (κ2) is 13.2. The van der Waals surface area contributed by atoms with Crippen LogP contribution in [-0.4, -0.2) is 0 Å². The van der Waals surface area contributed by atoms with Gasteiger partial charge in [-0.1, -0.05) is 78.9 Å². The van der Waals surface area contributed by atoms with Gasteiger partial charge in [0, 0.05) is 29.2 Å². The van der Waals surface area contributed by atoms with Crippen molar-refractivity contribution in [2.75, 3.05) is 4.90 Å². The van der Waals surface area contributed by atoms with E-state index in [1.165, 1.54) is 54.7 Å². The van der Waals surface area contributed by atoms with Crippen LogP contribution < -0.4 is 9.47 Å². The van der Waals surface area contributed by atoms with Crippen molar-refractivity contribution in [1.82, 2.24) is 0 Å². The summed E-state index contributed by atoms with van der Waals surface area (Å²) in [5.41, 5.74) is 9.61. The van der Waals surface area contributed by atoms with Gasteiger partial charge in [-0.2, -0.15) is 0 Å². The summed E-state index contributed by atoms with van der Waals surface area (Å²) in [6.45, 7) is 9.27. The maximum atomic E-state index is 4.06. The number of anilines is 3. The Morgan fingerprint density at radius 1 is 0.578 bits per heavy atom. The van der Waals surface area contributed by atoms with E-state index in [1.807, 2.05) is 0 Å². The van der Waals surface area contributed by atoms with Crippen LogP contribution in [0.15, 0.2) is 134 Å². The summed E-state index contributed by atoms with van der Waals surface area (Å²) in [7, 11) is 0. The van der Waals surface area contributed by atoms with Gasteiger partial charge in [-0.3, -0.25) is 0 Å². The largest absolute Gasteiger partial charge is 1.00 e. The number of aromatic nitrogens is 1. The summed E-state index contributed by atoms with van der Waals surface area (Å²) in [6, 6.07) is 46.3. The molecule has 0 atom stereocenters. The quantitative estimate of drug-likeness (QED) is 0.0892. The number of para-hydroxylation sites is 1. The van der Waals surface area contributed by atoms with Crippen molar-refractivity contribution in [3.05, 3.63) is 163 Å². The number of pyridine rings is 1. The van der Waals surface area contributed by atoms with Gasteiger partial charge in [-0.05, 0) is 106 Å². The van der Waals surface area contributed by atoms with Crippen LogP contribution in [0.4, 0.5) is 17.1 Å². The number of nitrogens with zero attached hydrogens (tertiary/aromatic N) is 2. The summed E-state index contributed by atoms with van der Waals surface area (Å²) in [5, 5.41) is 6.23. The molecule has 0 aliphatic carbocycles. The van der Waals surface area contributed by atoms with Gasteiger partial charge in [0.25, 0.3) is 0 Å². The van der Waals surface area contributed by atoms with Gasteiger partial charge in [-0.15, -0.1) is 6.42 Å². The number of rotatable bonds is 7. The molecule has 0 aliphatic heterocycles. The number of aryl methyl sites for hydroxylation is 3. The van der Waals surface area contributed by atoms with E-state index >= 15 is 0 Å². The Kier molecular flexibility index (Phi) is 8.93. The molecule has 1 aromatic heterocycles. The van der Waals surface area contributed by atoms with Crippen molar-refractivity contribution >= 4 is 61.7 Å². The zero-order valence-electron chi connectivity index (χ0n) is 25.7. The van der Waals surface area contributed by atoms with Crippen LogP contribution in [0, 0.1) is 20.8 Å². The molecule has 0 unspecified atom stereocenters. The molecule has 0 aliphatic rings. The van der Waals surface area contributed by atoms with Gasteiger partial charge >= 0.3 is 19.8 Å². The van der Waals surface area contributed by atoms with E-state index in [0.717, 1.165) is 30.0 Å². The van der Waals surface area contributed by atoms with E-state index in [-0.39, 0.29) is 19.8 Å². The molecule has 3 heteroatoms. The molecule has 45 heavy (non-hydrogen) atoms. The third-order valence-corrected chi connectivity index (χ3v) is 8.45. The molecule has 221 valence electrons. The van der Waals surface area contributed by atoms with E-state index < -0.39 is 0 Å². The van der Waals surface area contributed by atoms with Gasteiger partial charge in [-0.25, -0.2) is 4.57 Å². The summed E-state index contributed by atoms with van der Waals surface area (Å²) < 4.78 is 2.29. The molecular weight excluding hydrogens is 723 g/mol. The Bertz CT molecular complexity index is 2130. The normalized spacial score (nSPS) is 11.4. The molecule has 0 saturated heterocycles. The van der Waals surface area contributed by atoms with Crippen LogP contribution in [0.5, 0.6) is 0 Å². The number of fused-ring (bicyclic) bond motifs is 4. The standard InChI is InChI=1S/C42H36N2.Os/c1-4-24-43-25-23-32(39-16-7-8-18-42(39)43)19-20-33-28-34-21-22-37(29-41(34)40-17-6-5-15-38(33)40)44(35-13-9-11-30(2)26-35)36-14-10-12-31(3)27-36;/h5-23,25-29H,1,4,24H2,2-3H3;/q;+1. The van der Waals surface area contributed by atoms with Crippen molar-refractivity contribution in [2.45, 2.75) is 26.8 Å². The smallest absolute Gasteiger partial charge is 0.337 e. The molecular formula is C42H36N2Os+. The number of hydrogen-bond donors (Lipinski definition) is 0. The Morgan fingerprint density at radius 2 is 1.20 bits per heavy atom. The first-order valence-electron chi connectivity index (χ1n) is 15.4. The Labute approximate surface area is 279 Å². The van der Waals surface area contributed by atoms with Crippen molar-refractivity contribution in [1.29, 1.82) is 0 Å². The van der Waals surface area contributed by atoms with Gasteiger partial charge in [0.1, 0.15) is 6.54 Å². The van der Waals surface area contributed by atoms with Crippen LogP contribution in [0.2, 0.25) is 0 Å². The molecule has 1 heterocycles. The molecule has 0 N–H and O–H groups in total. The predicted octanol–water partition coefficient (Wildman–Crippen LogP) is 10.9. The fourth-order valence-electron chi connectivity index (χ4n) is 6.38. The second-order valence-electron chi connectivity index (χ2n) is 11.6. The van der Waals surface area contributed by atoms with Crippen LogP contribution in [0.1, 0.15) is 28.7 Å². The molecule has 0 fully saturated rings. The van der Waals surface area contributed by atoms with E-state index in [9.17, 15) is 0 Å². The van der Waals surface area contributed by atoms with E-state index in [1.54, 1.807) is 0 Å². The number of hydrogen-bond acceptors (Lipinski definition) is 1. The molecule has 7 aromatic rings. The third kappa shape index (κ3) is 6.06. The SMILES string of the molecule is [CH2-]CC[n+]1ccc(/C=C/c2cc3ccc(N(c4cccc(C)c4)c4cccc(C)c4)cc3c3ccccc23)c2ccccc21.[Os+]. The summed E-state index contributed by atoms with van der Waals surface area (Å²) in [4.78, 5) is 2.36. The third-order valence-electron chi connectivity index (χ3n) is 8.45. The van der Waals surface area contributed by atoms with E-state index in [4.69, 9.17) is 0 Å². The van der Waals surface area contributed by atoms with Crippen molar-refractivity contribution in [3.63, 3.8) is 0 Å². The maximum absolute atomic E-state index is 4.06. The molecule has 6 aromatic carbocycles. The average molecular weight is 759 g/mol. The van der Waals surface area contributed by atoms with Gasteiger partial charge in [0.05, 0.1) is 5.39 Å². The van der Waals surface area contributed by atoms with Gasteiger partial charge in [0.2, 0.25) is 5.52 Å². The van der Waals surface area contributed by atoms with Gasteiger partial charge < -0.3 is 11.8 Å². The number of benzene rings is 6. The van der Waals surface area contributed by atoms with Crippen LogP contribution >= 0.6 is 0 Å². The Hall–Kier alpha value is -4.57. The maximum Gasteiger partial charge on any atom is 1.00 e. The molecule has 7 rings (SSSR count). The molecule has 0 saturated carbocycles. The van der Waals surface area contributed by atoms with E-state index in [0.29, 0.717) is 0 Å². The molecule has 0 amide bonds. The van der Waals surface area contributed by atoms with Gasteiger partial charge in [0.15, 0.2) is 6.20 Å². The minimum atomic E-state index is 0. The summed E-state index contributed by atoms with van der Waals surface area (Å²) in [6.07, 6.45) is 7.58. The average Bonchev–Trinajstić information content (AvgIpc) is 3.05. The first-order valence-corrected chi connectivity index (χ1v) is 15.4. The minimum Gasteiger partial charge on any atom is -0.337 e. The van der Waals surface area contributed by atoms with E-state index in [2.05, 4.69) is 176 Å². The summed E-state index contributed by atoms with van der Waals surface area (Å²) in [5.74, 6) is 0. The zero-order chi connectivity index (χ0) is 30.0. The molecule has 1 radical (unpaired) electrons. The Balaban J connectivity index is 0.00000357. The fourth-order valence-corrected chi connectivity index (χ4v) is 6.38. The topological polar surface area (TPSA) is 7.12 Å². The van der Waals surface area contributed by atoms with Crippen LogP contribution in [0.3, 0.4) is 0 Å². The molecule has 0 bridgehead atoms. The van der Waals surface area contributed by atoms with Crippen LogP contribution in [-0.2, 0) is 26.3 Å². The van der Waals surface area contributed by atoms with Crippen molar-refractivity contribution < 1.29 is 24.4 Å². The Morgan fingerprint density at radius 3 is 1.89 bits per heavy atom.